The number of carbonyl (C=O) groups is 1. The molecule has 0 spiro atoms. The zero-order chi connectivity index (χ0) is 12.4. The summed E-state index contributed by atoms with van der Waals surface area (Å²) in [6, 6.07) is 1.72. The Morgan fingerprint density at radius 1 is 1.53 bits per heavy atom. The first-order valence-electron chi connectivity index (χ1n) is 5.36. The Bertz CT molecular complexity index is 529. The van der Waals surface area contributed by atoms with Gasteiger partial charge in [-0.2, -0.15) is 0 Å². The normalized spacial score (nSPS) is 10.7. The molecule has 0 atom stereocenters. The molecule has 0 aromatic carbocycles. The van der Waals surface area contributed by atoms with E-state index >= 15 is 0 Å². The Balaban J connectivity index is 2.18. The molecule has 0 aliphatic heterocycles. The summed E-state index contributed by atoms with van der Waals surface area (Å²) in [4.78, 5) is 15.2. The minimum atomic E-state index is -0.863. The second-order valence-electron chi connectivity index (χ2n) is 3.97. The van der Waals surface area contributed by atoms with E-state index in [9.17, 15) is 4.79 Å². The number of hydrogen-bond donors (Lipinski definition) is 1. The van der Waals surface area contributed by atoms with Gasteiger partial charge in [0.15, 0.2) is 0 Å². The van der Waals surface area contributed by atoms with Crippen LogP contribution in [0.4, 0.5) is 0 Å². The van der Waals surface area contributed by atoms with Crippen LogP contribution < -0.4 is 0 Å². The number of aromatic nitrogens is 2. The van der Waals surface area contributed by atoms with Gasteiger partial charge in [0.1, 0.15) is 0 Å². The molecule has 0 unspecified atom stereocenters. The molecule has 0 radical (unpaired) electrons. The fourth-order valence-electron chi connectivity index (χ4n) is 1.95. The SMILES string of the molecule is Cc1cc(C(=O)O)c(C)n1CCc1cscn1. The van der Waals surface area contributed by atoms with Gasteiger partial charge in [0.05, 0.1) is 16.8 Å². The summed E-state index contributed by atoms with van der Waals surface area (Å²) in [5, 5.41) is 11.1. The van der Waals surface area contributed by atoms with E-state index < -0.39 is 5.97 Å². The molecule has 5 heteroatoms. The molecule has 4 nitrogen and oxygen atoms in total. The van der Waals surface area contributed by atoms with Gasteiger partial charge in [-0.25, -0.2) is 9.78 Å². The highest BCUT2D eigenvalue weighted by atomic mass is 32.1. The van der Waals surface area contributed by atoms with Crippen molar-refractivity contribution in [1.82, 2.24) is 9.55 Å². The molecular formula is C12H14N2O2S. The third-order valence-electron chi connectivity index (χ3n) is 2.88. The molecule has 0 bridgehead atoms. The van der Waals surface area contributed by atoms with Gasteiger partial charge in [0.2, 0.25) is 0 Å². The Morgan fingerprint density at radius 2 is 2.29 bits per heavy atom. The van der Waals surface area contributed by atoms with E-state index in [0.717, 1.165) is 30.0 Å². The lowest BCUT2D eigenvalue weighted by Gasteiger charge is -2.08. The zero-order valence-corrected chi connectivity index (χ0v) is 10.6. The molecule has 1 N–H and O–H groups in total. The van der Waals surface area contributed by atoms with Gasteiger partial charge < -0.3 is 9.67 Å². The molecule has 0 amide bonds. The molecule has 17 heavy (non-hydrogen) atoms. The van der Waals surface area contributed by atoms with Gasteiger partial charge in [0.25, 0.3) is 0 Å². The second-order valence-corrected chi connectivity index (χ2v) is 4.69. The number of thiazole rings is 1. The lowest BCUT2D eigenvalue weighted by Crippen LogP contribution is -2.07. The zero-order valence-electron chi connectivity index (χ0n) is 9.80. The smallest absolute Gasteiger partial charge is 0.337 e. The van der Waals surface area contributed by atoms with Crippen molar-refractivity contribution in [3.63, 3.8) is 0 Å². The molecule has 0 fully saturated rings. The lowest BCUT2D eigenvalue weighted by molar-refractivity contribution is 0.0696. The Morgan fingerprint density at radius 3 is 2.82 bits per heavy atom. The number of carboxylic acid groups (broad SMARTS) is 1. The van der Waals surface area contributed by atoms with Gasteiger partial charge in [0, 0.05) is 29.7 Å². The van der Waals surface area contributed by atoms with Crippen molar-refractivity contribution in [3.05, 3.63) is 39.6 Å². The van der Waals surface area contributed by atoms with Crippen LogP contribution in [0.2, 0.25) is 0 Å². The summed E-state index contributed by atoms with van der Waals surface area (Å²) in [7, 11) is 0. The van der Waals surface area contributed by atoms with Crippen molar-refractivity contribution in [3.8, 4) is 0 Å². The third-order valence-corrected chi connectivity index (χ3v) is 3.51. The van der Waals surface area contributed by atoms with Gasteiger partial charge in [-0.3, -0.25) is 0 Å². The summed E-state index contributed by atoms with van der Waals surface area (Å²) in [6.07, 6.45) is 0.832. The lowest BCUT2D eigenvalue weighted by atomic mass is 10.2. The average molecular weight is 250 g/mol. The molecule has 0 saturated carbocycles. The first-order valence-corrected chi connectivity index (χ1v) is 6.31. The first kappa shape index (κ1) is 11.9. The van der Waals surface area contributed by atoms with Gasteiger partial charge in [-0.1, -0.05) is 0 Å². The first-order chi connectivity index (χ1) is 8.09. The molecule has 2 aromatic rings. The van der Waals surface area contributed by atoms with Crippen LogP contribution in [0.15, 0.2) is 17.0 Å². The Hall–Kier alpha value is -1.62. The van der Waals surface area contributed by atoms with Crippen LogP contribution >= 0.6 is 11.3 Å². The molecule has 2 rings (SSSR count). The van der Waals surface area contributed by atoms with Gasteiger partial charge in [-0.15, -0.1) is 11.3 Å². The van der Waals surface area contributed by atoms with Crippen molar-refractivity contribution < 1.29 is 9.90 Å². The van der Waals surface area contributed by atoms with Gasteiger partial charge in [-0.05, 0) is 19.9 Å². The van der Waals surface area contributed by atoms with Crippen molar-refractivity contribution in [1.29, 1.82) is 0 Å². The summed E-state index contributed by atoms with van der Waals surface area (Å²) in [5.74, 6) is -0.863. The predicted molar refractivity (Wildman–Crippen MR) is 66.7 cm³/mol. The number of aromatic carboxylic acids is 1. The average Bonchev–Trinajstić information content (AvgIpc) is 2.86. The minimum Gasteiger partial charge on any atom is -0.478 e. The van der Waals surface area contributed by atoms with Crippen LogP contribution in [-0.4, -0.2) is 20.6 Å². The number of carboxylic acids is 1. The number of rotatable bonds is 4. The Kier molecular flexibility index (Phi) is 3.28. The standard InChI is InChI=1S/C12H14N2O2S/c1-8-5-11(12(15)16)9(2)14(8)4-3-10-6-17-7-13-10/h5-7H,3-4H2,1-2H3,(H,15,16). The van der Waals surface area contributed by atoms with Crippen molar-refractivity contribution in [2.75, 3.05) is 0 Å². The van der Waals surface area contributed by atoms with Gasteiger partial charge >= 0.3 is 5.97 Å². The fraction of sp³-hybridized carbons (Fsp3) is 0.333. The van der Waals surface area contributed by atoms with E-state index in [1.54, 1.807) is 17.4 Å². The highest BCUT2D eigenvalue weighted by Crippen LogP contribution is 2.16. The minimum absolute atomic E-state index is 0.390. The molecule has 0 saturated heterocycles. The fourth-order valence-corrected chi connectivity index (χ4v) is 2.54. The van der Waals surface area contributed by atoms with Crippen LogP contribution in [0.25, 0.3) is 0 Å². The summed E-state index contributed by atoms with van der Waals surface area (Å²) in [5.41, 5.74) is 5.05. The summed E-state index contributed by atoms with van der Waals surface area (Å²) in [6.45, 7) is 4.55. The second kappa shape index (κ2) is 4.71. The van der Waals surface area contributed by atoms with E-state index in [-0.39, 0.29) is 0 Å². The highest BCUT2D eigenvalue weighted by Gasteiger charge is 2.14. The van der Waals surface area contributed by atoms with Crippen LogP contribution in [0.3, 0.4) is 0 Å². The van der Waals surface area contributed by atoms with Crippen LogP contribution in [0.5, 0.6) is 0 Å². The quantitative estimate of drug-likeness (QED) is 0.907. The van der Waals surface area contributed by atoms with Crippen molar-refractivity contribution in [2.24, 2.45) is 0 Å². The molecule has 2 aromatic heterocycles. The van der Waals surface area contributed by atoms with E-state index in [2.05, 4.69) is 4.98 Å². The number of aryl methyl sites for hydroxylation is 2. The number of hydrogen-bond acceptors (Lipinski definition) is 3. The largest absolute Gasteiger partial charge is 0.478 e. The highest BCUT2D eigenvalue weighted by molar-refractivity contribution is 7.07. The third kappa shape index (κ3) is 2.39. The number of nitrogens with zero attached hydrogens (tertiary/aromatic N) is 2. The maximum Gasteiger partial charge on any atom is 0.337 e. The van der Waals surface area contributed by atoms with E-state index in [0.29, 0.717) is 5.56 Å². The molecular weight excluding hydrogens is 236 g/mol. The molecule has 0 aliphatic carbocycles. The van der Waals surface area contributed by atoms with E-state index in [1.807, 2.05) is 29.3 Å². The maximum atomic E-state index is 11.0. The summed E-state index contributed by atoms with van der Waals surface area (Å²) >= 11 is 1.58. The van der Waals surface area contributed by atoms with E-state index in [1.165, 1.54) is 0 Å². The molecule has 0 aliphatic rings. The Labute approximate surface area is 104 Å². The predicted octanol–water partition coefficient (Wildman–Crippen LogP) is 2.50. The van der Waals surface area contributed by atoms with E-state index in [4.69, 9.17) is 5.11 Å². The molecule has 2 heterocycles. The van der Waals surface area contributed by atoms with Crippen molar-refractivity contribution in [2.45, 2.75) is 26.8 Å². The monoisotopic (exact) mass is 250 g/mol. The van der Waals surface area contributed by atoms with Crippen LogP contribution in [0, 0.1) is 13.8 Å². The van der Waals surface area contributed by atoms with Crippen molar-refractivity contribution >= 4 is 17.3 Å². The topological polar surface area (TPSA) is 55.1 Å². The summed E-state index contributed by atoms with van der Waals surface area (Å²) < 4.78 is 2.03. The van der Waals surface area contributed by atoms with Crippen LogP contribution in [0.1, 0.15) is 27.4 Å². The molecule has 90 valence electrons. The maximum absolute atomic E-state index is 11.0. The van der Waals surface area contributed by atoms with Crippen LogP contribution in [-0.2, 0) is 13.0 Å².